The summed E-state index contributed by atoms with van der Waals surface area (Å²) in [6.07, 6.45) is 3.11. The van der Waals surface area contributed by atoms with Gasteiger partial charge in [-0.25, -0.2) is 0 Å². The van der Waals surface area contributed by atoms with Crippen LogP contribution in [0, 0.1) is 0 Å². The molecular weight excluding hydrogens is 388 g/mol. The molecule has 2 rings (SSSR count). The summed E-state index contributed by atoms with van der Waals surface area (Å²) in [4.78, 5) is 9.23. The molecule has 1 heterocycles. The number of nitrogens with zero attached hydrogens (tertiary/aromatic N) is 3. The van der Waals surface area contributed by atoms with Gasteiger partial charge in [0.25, 0.3) is 0 Å². The molecule has 0 spiro atoms. The van der Waals surface area contributed by atoms with Crippen molar-refractivity contribution in [2.24, 2.45) is 4.99 Å². The fraction of sp³-hybridized carbons (Fsp3) is 0.682. The molecule has 1 aliphatic heterocycles. The molecule has 170 valence electrons. The molecule has 0 aliphatic carbocycles. The molecule has 0 amide bonds. The van der Waals surface area contributed by atoms with E-state index in [9.17, 15) is 8.78 Å². The van der Waals surface area contributed by atoms with E-state index in [1.54, 1.807) is 12.1 Å². The molecule has 1 saturated heterocycles. The van der Waals surface area contributed by atoms with E-state index in [0.29, 0.717) is 5.69 Å². The first-order valence-electron chi connectivity index (χ1n) is 11.1. The second-order valence-electron chi connectivity index (χ2n) is 7.42. The van der Waals surface area contributed by atoms with Gasteiger partial charge in [-0.05, 0) is 58.0 Å². The van der Waals surface area contributed by atoms with Crippen LogP contribution < -0.4 is 20.3 Å². The number of halogens is 2. The maximum atomic E-state index is 12.7. The highest BCUT2D eigenvalue weighted by atomic mass is 19.3. The number of unbranched alkanes of at least 4 members (excludes halogenated alkanes) is 1. The second-order valence-corrected chi connectivity index (χ2v) is 7.42. The Hall–Kier alpha value is -2.09. The van der Waals surface area contributed by atoms with E-state index in [0.717, 1.165) is 71.0 Å². The summed E-state index contributed by atoms with van der Waals surface area (Å²) >= 11 is 0. The summed E-state index contributed by atoms with van der Waals surface area (Å²) in [5.41, 5.74) is 0.709. The Morgan fingerprint density at radius 1 is 1.23 bits per heavy atom. The molecule has 8 heteroatoms. The van der Waals surface area contributed by atoms with Gasteiger partial charge in [-0.15, -0.1) is 0 Å². The van der Waals surface area contributed by atoms with Crippen LogP contribution in [0.3, 0.4) is 0 Å². The third kappa shape index (κ3) is 7.97. The number of anilines is 1. The van der Waals surface area contributed by atoms with Gasteiger partial charge in [0.15, 0.2) is 5.96 Å². The first-order chi connectivity index (χ1) is 14.6. The van der Waals surface area contributed by atoms with E-state index >= 15 is 0 Å². The molecule has 1 aromatic rings. The lowest BCUT2D eigenvalue weighted by atomic mass is 10.2. The maximum Gasteiger partial charge on any atom is 0.387 e. The summed E-state index contributed by atoms with van der Waals surface area (Å²) < 4.78 is 30.1. The molecule has 1 unspecified atom stereocenters. The predicted molar refractivity (Wildman–Crippen MR) is 120 cm³/mol. The van der Waals surface area contributed by atoms with Gasteiger partial charge in [0.1, 0.15) is 5.75 Å². The van der Waals surface area contributed by atoms with Crippen LogP contribution in [0.25, 0.3) is 0 Å². The van der Waals surface area contributed by atoms with Crippen LogP contribution in [0.5, 0.6) is 5.75 Å². The average Bonchev–Trinajstić information content (AvgIpc) is 3.19. The van der Waals surface area contributed by atoms with Crippen molar-refractivity contribution in [3.8, 4) is 5.75 Å². The third-order valence-corrected chi connectivity index (χ3v) is 5.34. The fourth-order valence-electron chi connectivity index (χ4n) is 3.70. The molecule has 30 heavy (non-hydrogen) atoms. The van der Waals surface area contributed by atoms with Crippen molar-refractivity contribution in [3.63, 3.8) is 0 Å². The minimum Gasteiger partial charge on any atom is -0.433 e. The van der Waals surface area contributed by atoms with Crippen molar-refractivity contribution >= 4 is 11.6 Å². The lowest BCUT2D eigenvalue weighted by Gasteiger charge is -2.22. The van der Waals surface area contributed by atoms with E-state index in [4.69, 9.17) is 4.99 Å². The van der Waals surface area contributed by atoms with Crippen molar-refractivity contribution in [1.82, 2.24) is 15.5 Å². The summed E-state index contributed by atoms with van der Waals surface area (Å²) in [6, 6.07) is 7.18. The molecule has 1 aliphatic rings. The minimum absolute atomic E-state index is 0.207. The zero-order chi connectivity index (χ0) is 21.8. The van der Waals surface area contributed by atoms with E-state index < -0.39 is 6.61 Å². The summed E-state index contributed by atoms with van der Waals surface area (Å²) in [5.74, 6) is 1.05. The number of hydrogen-bond donors (Lipinski definition) is 2. The van der Waals surface area contributed by atoms with Crippen LogP contribution >= 0.6 is 0 Å². The highest BCUT2D eigenvalue weighted by Gasteiger charge is 2.26. The Labute approximate surface area is 179 Å². The van der Waals surface area contributed by atoms with Crippen molar-refractivity contribution in [3.05, 3.63) is 24.3 Å². The molecule has 1 aromatic carbocycles. The van der Waals surface area contributed by atoms with Gasteiger partial charge in [-0.2, -0.15) is 8.78 Å². The Balaban J connectivity index is 1.86. The number of guanidine groups is 1. The molecule has 2 N–H and O–H groups in total. The van der Waals surface area contributed by atoms with Crippen molar-refractivity contribution in [2.75, 3.05) is 50.7 Å². The molecule has 1 atom stereocenters. The number of para-hydroxylation sites is 2. The van der Waals surface area contributed by atoms with Crippen LogP contribution in [0.4, 0.5) is 14.5 Å². The lowest BCUT2D eigenvalue weighted by molar-refractivity contribution is -0.0495. The normalized spacial score (nSPS) is 17.1. The van der Waals surface area contributed by atoms with Crippen LogP contribution in [-0.4, -0.2) is 69.3 Å². The summed E-state index contributed by atoms with van der Waals surface area (Å²) in [5, 5.41) is 6.81. The number of rotatable bonds is 12. The molecule has 0 bridgehead atoms. The lowest BCUT2D eigenvalue weighted by Crippen LogP contribution is -2.44. The Bertz CT molecular complexity index is 640. The Morgan fingerprint density at radius 3 is 2.70 bits per heavy atom. The van der Waals surface area contributed by atoms with Crippen LogP contribution in [0.15, 0.2) is 29.3 Å². The maximum absolute atomic E-state index is 12.7. The van der Waals surface area contributed by atoms with E-state index in [2.05, 4.69) is 45.9 Å². The number of benzene rings is 1. The second kappa shape index (κ2) is 13.3. The topological polar surface area (TPSA) is 52.1 Å². The van der Waals surface area contributed by atoms with Gasteiger partial charge in [-0.1, -0.05) is 26.0 Å². The number of aliphatic imine (C=N–C) groups is 1. The number of alkyl halides is 2. The standard InChI is InChI=1S/C22H37F2N5O/c1-4-25-22(26-14-9-10-15-28(5-2)6-3)27-18-13-16-29(17-18)19-11-7-8-12-20(19)30-21(23)24/h7-8,11-12,18,21H,4-6,9-10,13-17H2,1-3H3,(H2,25,26,27). The van der Waals surface area contributed by atoms with Crippen LogP contribution in [0.2, 0.25) is 0 Å². The third-order valence-electron chi connectivity index (χ3n) is 5.34. The van der Waals surface area contributed by atoms with E-state index in [1.165, 1.54) is 0 Å². The molecular formula is C22H37F2N5O. The predicted octanol–water partition coefficient (Wildman–Crippen LogP) is 3.54. The first-order valence-corrected chi connectivity index (χ1v) is 11.1. The monoisotopic (exact) mass is 425 g/mol. The number of nitrogens with one attached hydrogen (secondary N) is 2. The Kier molecular flexibility index (Phi) is 10.7. The van der Waals surface area contributed by atoms with Crippen molar-refractivity contribution in [1.29, 1.82) is 0 Å². The Morgan fingerprint density at radius 2 is 2.00 bits per heavy atom. The van der Waals surface area contributed by atoms with Gasteiger partial charge in [0.05, 0.1) is 5.69 Å². The highest BCUT2D eigenvalue weighted by molar-refractivity contribution is 5.80. The molecule has 1 fully saturated rings. The van der Waals surface area contributed by atoms with E-state index in [-0.39, 0.29) is 11.8 Å². The minimum atomic E-state index is -2.82. The van der Waals surface area contributed by atoms with Crippen molar-refractivity contribution in [2.45, 2.75) is 52.7 Å². The largest absolute Gasteiger partial charge is 0.433 e. The quantitative estimate of drug-likeness (QED) is 0.305. The van der Waals surface area contributed by atoms with Crippen LogP contribution in [0.1, 0.15) is 40.0 Å². The molecule has 0 aromatic heterocycles. The molecule has 0 saturated carbocycles. The smallest absolute Gasteiger partial charge is 0.387 e. The molecule has 0 radical (unpaired) electrons. The van der Waals surface area contributed by atoms with Crippen molar-refractivity contribution < 1.29 is 13.5 Å². The zero-order valence-corrected chi connectivity index (χ0v) is 18.5. The highest BCUT2D eigenvalue weighted by Crippen LogP contribution is 2.31. The van der Waals surface area contributed by atoms with E-state index in [1.807, 2.05) is 12.1 Å². The van der Waals surface area contributed by atoms with Gasteiger partial charge < -0.3 is 25.2 Å². The van der Waals surface area contributed by atoms with Gasteiger partial charge in [0.2, 0.25) is 0 Å². The van der Waals surface area contributed by atoms with Gasteiger partial charge in [-0.3, -0.25) is 4.99 Å². The summed E-state index contributed by atoms with van der Waals surface area (Å²) in [6.45, 7) is 10.00. The van der Waals surface area contributed by atoms with Crippen LogP contribution in [-0.2, 0) is 0 Å². The SMILES string of the molecule is CCNC(=NCCCCN(CC)CC)NC1CCN(c2ccccc2OC(F)F)C1. The number of ether oxygens (including phenoxy) is 1. The zero-order valence-electron chi connectivity index (χ0n) is 18.5. The fourth-order valence-corrected chi connectivity index (χ4v) is 3.70. The van der Waals surface area contributed by atoms with Gasteiger partial charge in [0, 0.05) is 32.2 Å². The summed E-state index contributed by atoms with van der Waals surface area (Å²) in [7, 11) is 0. The first kappa shape index (κ1) is 24.2. The average molecular weight is 426 g/mol. The molecule has 6 nitrogen and oxygen atoms in total. The number of hydrogen-bond acceptors (Lipinski definition) is 4. The van der Waals surface area contributed by atoms with Gasteiger partial charge >= 0.3 is 6.61 Å².